The van der Waals surface area contributed by atoms with Crippen molar-refractivity contribution in [1.82, 2.24) is 0 Å². The number of nitrogens with zero attached hydrogens (tertiary/aromatic N) is 1. The van der Waals surface area contributed by atoms with E-state index < -0.39 is 0 Å². The first-order valence-corrected chi connectivity index (χ1v) is 12.2. The molecular formula is C29H33FN+. The van der Waals surface area contributed by atoms with Crippen LogP contribution in [0.15, 0.2) is 36.5 Å². The summed E-state index contributed by atoms with van der Waals surface area (Å²) >= 11 is 0. The minimum Gasteiger partial charge on any atom is -0.207 e. The van der Waals surface area contributed by atoms with Gasteiger partial charge in [0.2, 0.25) is 5.69 Å². The van der Waals surface area contributed by atoms with E-state index in [4.69, 9.17) is 0 Å². The molecule has 1 nitrogen and oxygen atoms in total. The van der Waals surface area contributed by atoms with Crippen LogP contribution in [0.5, 0.6) is 0 Å². The van der Waals surface area contributed by atoms with Gasteiger partial charge in [0.1, 0.15) is 5.82 Å². The summed E-state index contributed by atoms with van der Waals surface area (Å²) < 4.78 is 18.2. The maximum Gasteiger partial charge on any atom is 0.221 e. The van der Waals surface area contributed by atoms with Crippen LogP contribution in [0.4, 0.5) is 4.39 Å². The van der Waals surface area contributed by atoms with Crippen molar-refractivity contribution in [1.29, 1.82) is 0 Å². The van der Waals surface area contributed by atoms with Crippen LogP contribution in [0.1, 0.15) is 89.0 Å². The van der Waals surface area contributed by atoms with Crippen molar-refractivity contribution < 1.29 is 8.96 Å². The van der Waals surface area contributed by atoms with Crippen LogP contribution in [-0.4, -0.2) is 0 Å². The zero-order chi connectivity index (χ0) is 21.8. The summed E-state index contributed by atoms with van der Waals surface area (Å²) in [6.45, 7) is 11.4. The van der Waals surface area contributed by atoms with E-state index in [1.807, 2.05) is 0 Å². The lowest BCUT2D eigenvalue weighted by atomic mass is 9.65. The summed E-state index contributed by atoms with van der Waals surface area (Å²) in [6.07, 6.45) is 9.18. The van der Waals surface area contributed by atoms with Crippen LogP contribution in [0, 0.1) is 5.82 Å². The molecule has 160 valence electrons. The molecule has 2 aromatic carbocycles. The van der Waals surface area contributed by atoms with Crippen molar-refractivity contribution in [3.05, 3.63) is 64.6 Å². The summed E-state index contributed by atoms with van der Waals surface area (Å²) in [7, 11) is 0. The van der Waals surface area contributed by atoms with Crippen LogP contribution < -0.4 is 4.57 Å². The molecule has 6 rings (SSSR count). The Morgan fingerprint density at radius 1 is 1.00 bits per heavy atom. The number of benzene rings is 2. The quantitative estimate of drug-likeness (QED) is 0.393. The van der Waals surface area contributed by atoms with Crippen LogP contribution in [-0.2, 0) is 22.8 Å². The highest BCUT2D eigenvalue weighted by atomic mass is 19.1. The molecule has 3 aromatic rings. The fraction of sp³-hybridized carbons (Fsp3) is 0.483. The topological polar surface area (TPSA) is 3.88 Å². The van der Waals surface area contributed by atoms with Gasteiger partial charge < -0.3 is 0 Å². The average Bonchev–Trinajstić information content (AvgIpc) is 3.46. The first kappa shape index (κ1) is 19.5. The second-order valence-corrected chi connectivity index (χ2v) is 10.7. The average molecular weight is 415 g/mol. The lowest BCUT2D eigenvalue weighted by Crippen LogP contribution is -2.56. The van der Waals surface area contributed by atoms with Gasteiger partial charge in [0.15, 0.2) is 11.7 Å². The summed E-state index contributed by atoms with van der Waals surface area (Å²) in [5.74, 6) is -0.0483. The van der Waals surface area contributed by atoms with Crippen molar-refractivity contribution in [3.63, 3.8) is 0 Å². The Hall–Kier alpha value is -2.22. The standard InChI is InChI=1S/C29H33FN/c1-6-9-10-18-15-19-13-14-31-26-23(19)21(16-18)27(4,5)25-22(30)12-11-20(24(25)26)28(7-2)17-29(28,31)8-3/h11-16H,6-10,17H2,1-5H3/q+1. The number of pyridine rings is 1. The second-order valence-electron chi connectivity index (χ2n) is 10.7. The third-order valence-corrected chi connectivity index (χ3v) is 9.14. The van der Waals surface area contributed by atoms with Crippen molar-refractivity contribution in [3.8, 4) is 11.3 Å². The van der Waals surface area contributed by atoms with Crippen molar-refractivity contribution in [2.45, 2.75) is 89.5 Å². The number of hydrogen-bond donors (Lipinski definition) is 0. The molecule has 0 spiro atoms. The Morgan fingerprint density at radius 3 is 2.52 bits per heavy atom. The predicted molar refractivity (Wildman–Crippen MR) is 125 cm³/mol. The summed E-state index contributed by atoms with van der Waals surface area (Å²) in [5.41, 5.74) is 7.41. The second kappa shape index (κ2) is 5.97. The number of halogens is 1. The summed E-state index contributed by atoms with van der Waals surface area (Å²) in [4.78, 5) is 0. The largest absolute Gasteiger partial charge is 0.221 e. The number of rotatable bonds is 5. The Balaban J connectivity index is 1.79. The van der Waals surface area contributed by atoms with Crippen LogP contribution in [0.2, 0.25) is 0 Å². The molecule has 0 amide bonds. The highest BCUT2D eigenvalue weighted by Gasteiger charge is 2.77. The van der Waals surface area contributed by atoms with Gasteiger partial charge in [-0.3, -0.25) is 0 Å². The van der Waals surface area contributed by atoms with E-state index in [1.165, 1.54) is 58.0 Å². The highest BCUT2D eigenvalue weighted by molar-refractivity contribution is 6.02. The van der Waals surface area contributed by atoms with Crippen molar-refractivity contribution in [2.24, 2.45) is 0 Å². The van der Waals surface area contributed by atoms with E-state index in [0.29, 0.717) is 0 Å². The maximum absolute atomic E-state index is 15.6. The van der Waals surface area contributed by atoms with Crippen LogP contribution in [0.25, 0.3) is 22.0 Å². The minimum absolute atomic E-state index is 0.0483. The minimum atomic E-state index is -0.349. The summed E-state index contributed by atoms with van der Waals surface area (Å²) in [6, 6.07) is 11.0. The molecule has 3 aliphatic rings. The molecule has 2 atom stereocenters. The molecular weight excluding hydrogens is 381 g/mol. The normalized spacial score (nSPS) is 26.1. The Labute approximate surface area is 185 Å². The first-order chi connectivity index (χ1) is 14.9. The number of unbranched alkanes of at least 4 members (excludes halogenated alkanes) is 1. The molecule has 31 heavy (non-hydrogen) atoms. The van der Waals surface area contributed by atoms with Gasteiger partial charge in [0.05, 0.1) is 16.4 Å². The van der Waals surface area contributed by atoms with E-state index in [0.717, 1.165) is 24.8 Å². The SMILES string of the molecule is CCCCc1cc2c3c4[n+](ccc3c1)C1(CC)CC1(CC)c1ccc(F)c(c1-4)C2(C)C. The van der Waals surface area contributed by atoms with E-state index in [-0.39, 0.29) is 22.2 Å². The van der Waals surface area contributed by atoms with E-state index in [2.05, 4.69) is 69.6 Å². The molecule has 0 bridgehead atoms. The molecule has 0 saturated heterocycles. The lowest BCUT2D eigenvalue weighted by Gasteiger charge is -2.39. The van der Waals surface area contributed by atoms with Gasteiger partial charge in [-0.2, -0.15) is 4.57 Å². The molecule has 1 aliphatic heterocycles. The van der Waals surface area contributed by atoms with Gasteiger partial charge in [-0.05, 0) is 47.4 Å². The fourth-order valence-electron chi connectivity index (χ4n) is 7.46. The summed E-state index contributed by atoms with van der Waals surface area (Å²) in [5, 5.41) is 2.68. The van der Waals surface area contributed by atoms with Gasteiger partial charge in [-0.1, -0.05) is 59.2 Å². The van der Waals surface area contributed by atoms with Gasteiger partial charge >= 0.3 is 0 Å². The lowest BCUT2D eigenvalue weighted by molar-refractivity contribution is -0.734. The van der Waals surface area contributed by atoms with Crippen molar-refractivity contribution in [2.75, 3.05) is 0 Å². The maximum atomic E-state index is 15.6. The van der Waals surface area contributed by atoms with Gasteiger partial charge in [-0.25, -0.2) is 4.39 Å². The number of hydrogen-bond acceptors (Lipinski definition) is 0. The number of aryl methyl sites for hydroxylation is 1. The van der Waals surface area contributed by atoms with Gasteiger partial charge in [0, 0.05) is 29.9 Å². The molecule has 1 fully saturated rings. The van der Waals surface area contributed by atoms with Gasteiger partial charge in [-0.15, -0.1) is 0 Å². The molecule has 2 aliphatic carbocycles. The third kappa shape index (κ3) is 2.06. The molecule has 1 saturated carbocycles. The molecule has 2 heterocycles. The predicted octanol–water partition coefficient (Wildman–Crippen LogP) is 7.09. The van der Waals surface area contributed by atoms with Crippen LogP contribution >= 0.6 is 0 Å². The molecule has 2 heteroatoms. The Bertz CT molecular complexity index is 1270. The van der Waals surface area contributed by atoms with Crippen LogP contribution in [0.3, 0.4) is 0 Å². The monoisotopic (exact) mass is 414 g/mol. The number of fused-ring (bicyclic) bond motifs is 3. The molecule has 1 aromatic heterocycles. The van der Waals surface area contributed by atoms with Crippen molar-refractivity contribution >= 4 is 10.8 Å². The zero-order valence-corrected chi connectivity index (χ0v) is 19.5. The smallest absolute Gasteiger partial charge is 0.207 e. The van der Waals surface area contributed by atoms with Gasteiger partial charge in [0.25, 0.3) is 0 Å². The fourth-order valence-corrected chi connectivity index (χ4v) is 7.46. The zero-order valence-electron chi connectivity index (χ0n) is 19.5. The van der Waals surface area contributed by atoms with E-state index in [9.17, 15) is 0 Å². The highest BCUT2D eigenvalue weighted by Crippen LogP contribution is 2.69. The Morgan fingerprint density at radius 2 is 1.81 bits per heavy atom. The Kier molecular flexibility index (Phi) is 3.75. The molecule has 0 N–H and O–H groups in total. The van der Waals surface area contributed by atoms with E-state index >= 15 is 4.39 Å². The molecule has 2 unspecified atom stereocenters. The molecule has 0 radical (unpaired) electrons. The number of aromatic nitrogens is 1. The van der Waals surface area contributed by atoms with E-state index in [1.54, 1.807) is 6.07 Å². The third-order valence-electron chi connectivity index (χ3n) is 9.14. The first-order valence-electron chi connectivity index (χ1n) is 12.2.